The van der Waals surface area contributed by atoms with Crippen molar-refractivity contribution >= 4 is 21.2 Å². The summed E-state index contributed by atoms with van der Waals surface area (Å²) in [5.41, 5.74) is 12.6. The molecular formula is C25H25FN4O2S. The number of hydrogen-bond donors (Lipinski definition) is 2. The number of anilines is 1. The summed E-state index contributed by atoms with van der Waals surface area (Å²) in [7, 11) is -2.99. The highest BCUT2D eigenvalue weighted by Crippen LogP contribution is 2.37. The van der Waals surface area contributed by atoms with Crippen LogP contribution in [0.25, 0.3) is 27.8 Å². The highest BCUT2D eigenvalue weighted by Gasteiger charge is 2.24. The predicted octanol–water partition coefficient (Wildman–Crippen LogP) is 4.16. The largest absolute Gasteiger partial charge is 0.383 e. The zero-order valence-corrected chi connectivity index (χ0v) is 18.9. The molecule has 6 nitrogen and oxygen atoms in total. The van der Waals surface area contributed by atoms with E-state index in [1.165, 1.54) is 17.8 Å². The van der Waals surface area contributed by atoms with Gasteiger partial charge >= 0.3 is 0 Å². The van der Waals surface area contributed by atoms with Crippen molar-refractivity contribution in [3.05, 3.63) is 71.9 Å². The molecule has 3 N–H and O–H groups in total. The molecule has 1 atom stereocenters. The number of aromatic nitrogens is 2. The number of nitrogens with two attached hydrogens (primary N) is 1. The molecule has 1 saturated heterocycles. The monoisotopic (exact) mass is 464 g/mol. The number of nitrogens with zero attached hydrogens (tertiary/aromatic N) is 2. The van der Waals surface area contributed by atoms with Crippen LogP contribution in [0.4, 0.5) is 10.2 Å². The van der Waals surface area contributed by atoms with Gasteiger partial charge in [0.15, 0.2) is 9.84 Å². The Hall–Kier alpha value is -3.10. The maximum absolute atomic E-state index is 13.7. The molecule has 170 valence electrons. The Bertz CT molecular complexity index is 1350. The zero-order valence-electron chi connectivity index (χ0n) is 18.1. The van der Waals surface area contributed by atoms with E-state index in [1.54, 1.807) is 12.3 Å². The second-order valence-electron chi connectivity index (χ2n) is 8.57. The van der Waals surface area contributed by atoms with Crippen LogP contribution in [0.5, 0.6) is 0 Å². The summed E-state index contributed by atoms with van der Waals surface area (Å²) in [6.07, 6.45) is 7.65. The molecule has 2 aliphatic rings. The first-order valence-corrected chi connectivity index (χ1v) is 12.9. The first-order valence-electron chi connectivity index (χ1n) is 11.0. The maximum Gasteiger partial charge on any atom is 0.213 e. The maximum atomic E-state index is 13.7. The van der Waals surface area contributed by atoms with Gasteiger partial charge in [0.1, 0.15) is 5.82 Å². The second kappa shape index (κ2) is 8.68. The Balaban J connectivity index is 1.58. The van der Waals surface area contributed by atoms with Gasteiger partial charge in [0.05, 0.1) is 11.5 Å². The van der Waals surface area contributed by atoms with Gasteiger partial charge in [-0.25, -0.2) is 18.4 Å². The molecule has 2 aromatic heterocycles. The van der Waals surface area contributed by atoms with E-state index in [-0.39, 0.29) is 17.5 Å². The number of rotatable bonds is 4. The van der Waals surface area contributed by atoms with Crippen molar-refractivity contribution < 1.29 is 12.8 Å². The van der Waals surface area contributed by atoms with Crippen molar-refractivity contribution in [3.8, 4) is 22.3 Å². The van der Waals surface area contributed by atoms with Gasteiger partial charge in [-0.2, -0.15) is 4.39 Å². The molecule has 0 unspecified atom stereocenters. The number of halogens is 1. The van der Waals surface area contributed by atoms with Crippen LogP contribution < -0.4 is 11.1 Å². The molecule has 2 aliphatic heterocycles. The van der Waals surface area contributed by atoms with Gasteiger partial charge in [-0.1, -0.05) is 18.2 Å². The van der Waals surface area contributed by atoms with Gasteiger partial charge in [-0.15, -0.1) is 0 Å². The number of sulfone groups is 1. The molecule has 1 fully saturated rings. The number of allylic oxidation sites excluding steroid dienone is 1. The van der Waals surface area contributed by atoms with Crippen molar-refractivity contribution in [1.82, 2.24) is 15.3 Å². The number of nitrogens with one attached hydrogen (secondary N) is 1. The Labute approximate surface area is 192 Å². The number of pyridine rings is 2. The van der Waals surface area contributed by atoms with E-state index < -0.39 is 15.8 Å². The Morgan fingerprint density at radius 1 is 1.03 bits per heavy atom. The molecule has 0 amide bonds. The van der Waals surface area contributed by atoms with E-state index in [0.717, 1.165) is 41.6 Å². The third-order valence-electron chi connectivity index (χ3n) is 6.39. The zero-order chi connectivity index (χ0) is 23.0. The second-order valence-corrected chi connectivity index (χ2v) is 10.8. The predicted molar refractivity (Wildman–Crippen MR) is 128 cm³/mol. The van der Waals surface area contributed by atoms with Crippen LogP contribution in [0, 0.1) is 5.95 Å². The first-order chi connectivity index (χ1) is 15.9. The molecule has 8 heteroatoms. The molecule has 4 heterocycles. The van der Waals surface area contributed by atoms with Gasteiger partial charge in [0.2, 0.25) is 5.95 Å². The minimum absolute atomic E-state index is 0.0926. The molecular weight excluding hydrogens is 439 g/mol. The molecule has 5 rings (SSSR count). The Kier molecular flexibility index (Phi) is 5.72. The van der Waals surface area contributed by atoms with E-state index in [2.05, 4.69) is 27.4 Å². The molecule has 0 bridgehead atoms. The summed E-state index contributed by atoms with van der Waals surface area (Å²) in [5.74, 6) is 0.0348. The SMILES string of the molecule is Nc1ncc(-c2ccc(C3=CCS(=O)(=O)CC3)c([C@@H]3CCCN3)c2)cc1-c1ccnc(F)c1. The van der Waals surface area contributed by atoms with Crippen LogP contribution in [-0.2, 0) is 9.84 Å². The van der Waals surface area contributed by atoms with Crippen LogP contribution in [0.1, 0.15) is 36.4 Å². The lowest BCUT2D eigenvalue weighted by Gasteiger charge is -2.22. The van der Waals surface area contributed by atoms with Crippen molar-refractivity contribution in [3.63, 3.8) is 0 Å². The number of nitrogen functional groups attached to an aromatic ring is 1. The summed E-state index contributed by atoms with van der Waals surface area (Å²) in [4.78, 5) is 7.97. The topological polar surface area (TPSA) is 98.0 Å². The lowest BCUT2D eigenvalue weighted by molar-refractivity contribution is 0.584. The van der Waals surface area contributed by atoms with Gasteiger partial charge in [0.25, 0.3) is 0 Å². The number of benzene rings is 1. The average molecular weight is 465 g/mol. The molecule has 0 saturated carbocycles. The van der Waals surface area contributed by atoms with Crippen molar-refractivity contribution in [1.29, 1.82) is 0 Å². The molecule has 1 aromatic carbocycles. The standard InChI is InChI=1S/C25H25FN4O2S/c26-24-14-18(5-9-29-24)21-13-19(15-30-25(21)27)17-3-4-20(16-6-10-33(31,32)11-7-16)22(12-17)23-2-1-8-28-23/h3-6,9,12-15,23,28H,1-2,7-8,10-11H2,(H2,27,30)/t23-/m0/s1. The van der Waals surface area contributed by atoms with Crippen molar-refractivity contribution in [2.45, 2.75) is 25.3 Å². The molecule has 0 aliphatic carbocycles. The summed E-state index contributed by atoms with van der Waals surface area (Å²) < 4.78 is 37.5. The van der Waals surface area contributed by atoms with Gasteiger partial charge in [0, 0.05) is 35.6 Å². The molecule has 0 spiro atoms. The van der Waals surface area contributed by atoms with Crippen LogP contribution in [0.3, 0.4) is 0 Å². The van der Waals surface area contributed by atoms with Gasteiger partial charge < -0.3 is 11.1 Å². The smallest absolute Gasteiger partial charge is 0.213 e. The molecule has 0 radical (unpaired) electrons. The minimum Gasteiger partial charge on any atom is -0.383 e. The molecule has 33 heavy (non-hydrogen) atoms. The van der Waals surface area contributed by atoms with E-state index in [9.17, 15) is 12.8 Å². The fraction of sp³-hybridized carbons (Fsp3) is 0.280. The van der Waals surface area contributed by atoms with Gasteiger partial charge in [-0.3, -0.25) is 0 Å². The first kappa shape index (κ1) is 21.7. The van der Waals surface area contributed by atoms with E-state index >= 15 is 0 Å². The fourth-order valence-corrected chi connectivity index (χ4v) is 5.78. The van der Waals surface area contributed by atoms with Gasteiger partial charge in [-0.05, 0) is 71.8 Å². The highest BCUT2D eigenvalue weighted by atomic mass is 32.2. The average Bonchev–Trinajstić information content (AvgIpc) is 3.34. The van der Waals surface area contributed by atoms with Crippen LogP contribution >= 0.6 is 0 Å². The third-order valence-corrected chi connectivity index (χ3v) is 7.89. The van der Waals surface area contributed by atoms with Crippen LogP contribution in [0.15, 0.2) is 54.9 Å². The highest BCUT2D eigenvalue weighted by molar-refractivity contribution is 7.91. The van der Waals surface area contributed by atoms with Crippen LogP contribution in [0.2, 0.25) is 0 Å². The fourth-order valence-electron chi connectivity index (χ4n) is 4.63. The summed E-state index contributed by atoms with van der Waals surface area (Å²) >= 11 is 0. The summed E-state index contributed by atoms with van der Waals surface area (Å²) in [6, 6.07) is 11.5. The number of hydrogen-bond acceptors (Lipinski definition) is 6. The lowest BCUT2D eigenvalue weighted by Crippen LogP contribution is -2.18. The third kappa shape index (κ3) is 4.54. The van der Waals surface area contributed by atoms with E-state index in [0.29, 0.717) is 23.4 Å². The van der Waals surface area contributed by atoms with Crippen molar-refractivity contribution in [2.75, 3.05) is 23.8 Å². The quantitative estimate of drug-likeness (QED) is 0.563. The molecule has 3 aromatic rings. The van der Waals surface area contributed by atoms with E-state index in [4.69, 9.17) is 5.73 Å². The Morgan fingerprint density at radius 3 is 2.64 bits per heavy atom. The van der Waals surface area contributed by atoms with Crippen LogP contribution in [-0.4, -0.2) is 36.4 Å². The normalized spacial score (nSPS) is 19.9. The van der Waals surface area contributed by atoms with E-state index in [1.807, 2.05) is 18.2 Å². The minimum atomic E-state index is -2.99. The Morgan fingerprint density at radius 2 is 1.91 bits per heavy atom. The summed E-state index contributed by atoms with van der Waals surface area (Å²) in [5, 5.41) is 3.57. The summed E-state index contributed by atoms with van der Waals surface area (Å²) in [6.45, 7) is 0.961. The lowest BCUT2D eigenvalue weighted by atomic mass is 9.89. The van der Waals surface area contributed by atoms with Crippen molar-refractivity contribution in [2.24, 2.45) is 0 Å².